The quantitative estimate of drug-likeness (QED) is 0.494. The predicted octanol–water partition coefficient (Wildman–Crippen LogP) is 4.31. The highest BCUT2D eigenvalue weighted by atomic mass is 16.6. The van der Waals surface area contributed by atoms with Crippen molar-refractivity contribution in [1.82, 2.24) is 15.0 Å². The number of benzene rings is 2. The molecule has 1 fully saturated rings. The number of nitrogens with zero attached hydrogens (tertiary/aromatic N) is 4. The molecule has 0 radical (unpaired) electrons. The molecule has 4 rings (SSSR count). The van der Waals surface area contributed by atoms with Crippen molar-refractivity contribution in [3.63, 3.8) is 0 Å². The zero-order chi connectivity index (χ0) is 17.6. The molecule has 0 aliphatic heterocycles. The maximum absolute atomic E-state index is 5.81. The summed E-state index contributed by atoms with van der Waals surface area (Å²) < 4.78 is 1.81. The van der Waals surface area contributed by atoms with Crippen molar-refractivity contribution in [3.8, 4) is 11.3 Å². The summed E-state index contributed by atoms with van der Waals surface area (Å²) in [6.45, 7) is 0.524. The van der Waals surface area contributed by atoms with Crippen LogP contribution in [0.5, 0.6) is 0 Å². The van der Waals surface area contributed by atoms with Gasteiger partial charge in [-0.25, -0.2) is 4.68 Å². The van der Waals surface area contributed by atoms with Crippen LogP contribution in [-0.4, -0.2) is 26.8 Å². The van der Waals surface area contributed by atoms with Gasteiger partial charge in [-0.2, -0.15) is 0 Å². The van der Waals surface area contributed by atoms with Crippen LogP contribution in [0.3, 0.4) is 0 Å². The second kappa shape index (κ2) is 7.95. The minimum Gasteiger partial charge on any atom is -0.392 e. The third-order valence-corrected chi connectivity index (χ3v) is 4.64. The number of hydrogen-bond acceptors (Lipinski definition) is 4. The van der Waals surface area contributed by atoms with Crippen LogP contribution in [0.25, 0.3) is 11.3 Å². The van der Waals surface area contributed by atoms with Gasteiger partial charge < -0.3 is 4.84 Å². The van der Waals surface area contributed by atoms with Gasteiger partial charge in [0.2, 0.25) is 0 Å². The highest BCUT2D eigenvalue weighted by molar-refractivity contribution is 6.00. The molecule has 26 heavy (non-hydrogen) atoms. The monoisotopic (exact) mass is 346 g/mol. The fraction of sp³-hybridized carbons (Fsp3) is 0.286. The Morgan fingerprint density at radius 2 is 1.69 bits per heavy atom. The standard InChI is InChI=1S/C21H22N4O/c1-3-9-17(10-4-1)20-15-25(24-22-20)16-21(18-11-5-2-6-12-18)23-26-19-13-7-8-14-19/h1-6,9-12,15,19H,7-8,13-14,16H2/b23-21+. The molecule has 1 heterocycles. The van der Waals surface area contributed by atoms with Gasteiger partial charge in [0.05, 0.1) is 12.7 Å². The average molecular weight is 346 g/mol. The Labute approximate surface area is 153 Å². The number of hydrogen-bond donors (Lipinski definition) is 0. The van der Waals surface area contributed by atoms with Crippen LogP contribution < -0.4 is 0 Å². The maximum Gasteiger partial charge on any atom is 0.127 e. The Hall–Kier alpha value is -2.95. The first-order valence-electron chi connectivity index (χ1n) is 9.12. The molecule has 1 aromatic heterocycles. The minimum absolute atomic E-state index is 0.240. The zero-order valence-corrected chi connectivity index (χ0v) is 14.7. The van der Waals surface area contributed by atoms with Crippen LogP contribution in [-0.2, 0) is 11.4 Å². The maximum atomic E-state index is 5.81. The third-order valence-electron chi connectivity index (χ3n) is 4.64. The molecule has 0 saturated heterocycles. The smallest absolute Gasteiger partial charge is 0.127 e. The van der Waals surface area contributed by atoms with Crippen molar-refractivity contribution in [3.05, 3.63) is 72.4 Å². The highest BCUT2D eigenvalue weighted by Crippen LogP contribution is 2.21. The molecule has 0 atom stereocenters. The molecule has 0 bridgehead atoms. The van der Waals surface area contributed by atoms with Crippen molar-refractivity contribution in [2.45, 2.75) is 38.3 Å². The zero-order valence-electron chi connectivity index (χ0n) is 14.7. The molecule has 0 spiro atoms. The first-order chi connectivity index (χ1) is 12.9. The summed E-state index contributed by atoms with van der Waals surface area (Å²) in [7, 11) is 0. The number of rotatable bonds is 6. The molecular weight excluding hydrogens is 324 g/mol. The van der Waals surface area contributed by atoms with E-state index in [1.807, 2.05) is 71.5 Å². The SMILES string of the molecule is c1ccc(/C(Cn2cc(-c3ccccc3)nn2)=N/OC2CCCC2)cc1. The second-order valence-corrected chi connectivity index (χ2v) is 6.58. The molecule has 1 aliphatic carbocycles. The molecule has 0 N–H and O–H groups in total. The van der Waals surface area contributed by atoms with Crippen molar-refractivity contribution in [2.24, 2.45) is 5.16 Å². The largest absolute Gasteiger partial charge is 0.392 e. The summed E-state index contributed by atoms with van der Waals surface area (Å²) in [5, 5.41) is 13.0. The molecule has 1 saturated carbocycles. The topological polar surface area (TPSA) is 52.3 Å². The molecule has 2 aromatic carbocycles. The van der Waals surface area contributed by atoms with Gasteiger partial charge in [0.1, 0.15) is 17.5 Å². The van der Waals surface area contributed by atoms with Gasteiger partial charge in [-0.05, 0) is 25.7 Å². The molecular formula is C21H22N4O. The Morgan fingerprint density at radius 3 is 2.42 bits per heavy atom. The molecule has 0 amide bonds. The molecule has 5 nitrogen and oxygen atoms in total. The molecule has 132 valence electrons. The Balaban J connectivity index is 1.55. The van der Waals surface area contributed by atoms with Gasteiger partial charge in [-0.1, -0.05) is 71.0 Å². The Morgan fingerprint density at radius 1 is 1.00 bits per heavy atom. The van der Waals surface area contributed by atoms with Gasteiger partial charge in [0, 0.05) is 11.1 Å². The van der Waals surface area contributed by atoms with Gasteiger partial charge in [-0.3, -0.25) is 0 Å². The van der Waals surface area contributed by atoms with Crippen molar-refractivity contribution in [1.29, 1.82) is 0 Å². The van der Waals surface area contributed by atoms with Gasteiger partial charge >= 0.3 is 0 Å². The van der Waals surface area contributed by atoms with Gasteiger partial charge in [0.25, 0.3) is 0 Å². The summed E-state index contributed by atoms with van der Waals surface area (Å²) in [5.41, 5.74) is 3.82. The summed E-state index contributed by atoms with van der Waals surface area (Å²) in [6.07, 6.45) is 6.82. The Kier molecular flexibility index (Phi) is 5.05. The summed E-state index contributed by atoms with van der Waals surface area (Å²) in [4.78, 5) is 5.81. The third kappa shape index (κ3) is 3.99. The fourth-order valence-electron chi connectivity index (χ4n) is 3.21. The summed E-state index contributed by atoms with van der Waals surface area (Å²) >= 11 is 0. The first-order valence-corrected chi connectivity index (χ1v) is 9.12. The van der Waals surface area contributed by atoms with E-state index >= 15 is 0 Å². The molecule has 5 heteroatoms. The van der Waals surface area contributed by atoms with Crippen LogP contribution in [0, 0.1) is 0 Å². The molecule has 0 unspecified atom stereocenters. The number of oxime groups is 1. The van der Waals surface area contributed by atoms with Crippen LogP contribution in [0.15, 0.2) is 72.0 Å². The van der Waals surface area contributed by atoms with E-state index in [2.05, 4.69) is 15.5 Å². The van der Waals surface area contributed by atoms with Gasteiger partial charge in [0.15, 0.2) is 0 Å². The lowest BCUT2D eigenvalue weighted by molar-refractivity contribution is 0.0640. The van der Waals surface area contributed by atoms with E-state index in [1.165, 1.54) is 12.8 Å². The van der Waals surface area contributed by atoms with E-state index in [0.717, 1.165) is 35.4 Å². The second-order valence-electron chi connectivity index (χ2n) is 6.58. The van der Waals surface area contributed by atoms with Crippen molar-refractivity contribution >= 4 is 5.71 Å². The van der Waals surface area contributed by atoms with Crippen LogP contribution in [0.2, 0.25) is 0 Å². The molecule has 3 aromatic rings. The normalized spacial score (nSPS) is 15.3. The van der Waals surface area contributed by atoms with E-state index in [0.29, 0.717) is 6.54 Å². The van der Waals surface area contributed by atoms with E-state index in [9.17, 15) is 0 Å². The van der Waals surface area contributed by atoms with Crippen molar-refractivity contribution in [2.75, 3.05) is 0 Å². The Bertz CT molecular complexity index is 852. The van der Waals surface area contributed by atoms with E-state index in [-0.39, 0.29) is 6.10 Å². The molecule has 1 aliphatic rings. The summed E-state index contributed by atoms with van der Waals surface area (Å²) in [5.74, 6) is 0. The van der Waals surface area contributed by atoms with E-state index in [4.69, 9.17) is 4.84 Å². The summed E-state index contributed by atoms with van der Waals surface area (Å²) in [6, 6.07) is 20.2. The van der Waals surface area contributed by atoms with Gasteiger partial charge in [-0.15, -0.1) is 5.10 Å². The lowest BCUT2D eigenvalue weighted by atomic mass is 10.1. The van der Waals surface area contributed by atoms with E-state index < -0.39 is 0 Å². The first kappa shape index (κ1) is 16.5. The predicted molar refractivity (Wildman–Crippen MR) is 102 cm³/mol. The van der Waals surface area contributed by atoms with Crippen molar-refractivity contribution < 1.29 is 4.84 Å². The fourth-order valence-corrected chi connectivity index (χ4v) is 3.21. The number of aromatic nitrogens is 3. The lowest BCUT2D eigenvalue weighted by Gasteiger charge is -2.10. The van der Waals surface area contributed by atoms with Crippen LogP contribution in [0.1, 0.15) is 31.2 Å². The average Bonchev–Trinajstić information content (AvgIpc) is 3.38. The van der Waals surface area contributed by atoms with Crippen LogP contribution in [0.4, 0.5) is 0 Å². The lowest BCUT2D eigenvalue weighted by Crippen LogP contribution is -2.14. The van der Waals surface area contributed by atoms with E-state index in [1.54, 1.807) is 0 Å². The minimum atomic E-state index is 0.240. The highest BCUT2D eigenvalue weighted by Gasteiger charge is 2.17. The van der Waals surface area contributed by atoms with Crippen LogP contribution >= 0.6 is 0 Å².